The Hall–Kier alpha value is -0.870. The van der Waals surface area contributed by atoms with E-state index in [9.17, 15) is 0 Å². The topological polar surface area (TPSA) is 33.1 Å². The van der Waals surface area contributed by atoms with Crippen LogP contribution in [0.4, 0.5) is 0 Å². The highest BCUT2D eigenvalue weighted by Crippen LogP contribution is 2.32. The second kappa shape index (κ2) is 7.41. The summed E-state index contributed by atoms with van der Waals surface area (Å²) in [6.07, 6.45) is 10.6. The van der Waals surface area contributed by atoms with Gasteiger partial charge >= 0.3 is 0 Å². The molecule has 2 rings (SSSR count). The summed E-state index contributed by atoms with van der Waals surface area (Å²) in [5.41, 5.74) is 0.0793. The minimum absolute atomic E-state index is 0.0793. The number of likely N-dealkylation sites (tertiary alicyclic amines) is 1. The highest BCUT2D eigenvalue weighted by atomic mass is 15.2. The van der Waals surface area contributed by atoms with Crippen molar-refractivity contribution in [3.63, 3.8) is 0 Å². The van der Waals surface area contributed by atoms with Crippen molar-refractivity contribution in [2.75, 3.05) is 20.1 Å². The molecule has 1 N–H and O–H groups in total. The minimum Gasteiger partial charge on any atom is -0.334 e. The number of aryl methyl sites for hydroxylation is 1. The number of hydrogen-bond donors (Lipinski definition) is 1. The Morgan fingerprint density at radius 3 is 2.48 bits per heavy atom. The van der Waals surface area contributed by atoms with Crippen molar-refractivity contribution >= 4 is 0 Å². The third-order valence-electron chi connectivity index (χ3n) is 4.89. The summed E-state index contributed by atoms with van der Waals surface area (Å²) in [4.78, 5) is 7.32. The maximum atomic E-state index is 4.66. The largest absolute Gasteiger partial charge is 0.334 e. The van der Waals surface area contributed by atoms with E-state index >= 15 is 0 Å². The van der Waals surface area contributed by atoms with Gasteiger partial charge in [0.2, 0.25) is 0 Å². The highest BCUT2D eigenvalue weighted by molar-refractivity contribution is 5.08. The molecule has 1 saturated heterocycles. The van der Waals surface area contributed by atoms with Crippen LogP contribution < -0.4 is 5.32 Å². The van der Waals surface area contributed by atoms with Gasteiger partial charge in [0.05, 0.1) is 6.04 Å². The summed E-state index contributed by atoms with van der Waals surface area (Å²) in [7, 11) is 2.06. The third-order valence-corrected chi connectivity index (χ3v) is 4.89. The standard InChI is InChI=1S/C17H32N4/c1-5-11-20-14-10-19-16(20)15(18-4)17(2,3)21-12-8-6-7-9-13-21/h10,14-15,18H,5-9,11-13H2,1-4H3. The van der Waals surface area contributed by atoms with E-state index in [4.69, 9.17) is 0 Å². The zero-order valence-corrected chi connectivity index (χ0v) is 14.2. The van der Waals surface area contributed by atoms with Crippen LogP contribution in [0.1, 0.15) is 64.7 Å². The van der Waals surface area contributed by atoms with Gasteiger partial charge in [-0.25, -0.2) is 4.98 Å². The van der Waals surface area contributed by atoms with Crippen molar-refractivity contribution in [3.8, 4) is 0 Å². The smallest absolute Gasteiger partial charge is 0.127 e. The first-order valence-electron chi connectivity index (χ1n) is 8.54. The number of likely N-dealkylation sites (N-methyl/N-ethyl adjacent to an activating group) is 1. The first kappa shape index (κ1) is 16.5. The first-order valence-corrected chi connectivity index (χ1v) is 8.54. The molecule has 0 amide bonds. The molecule has 1 fully saturated rings. The predicted octanol–water partition coefficient (Wildman–Crippen LogP) is 3.21. The summed E-state index contributed by atoms with van der Waals surface area (Å²) >= 11 is 0. The lowest BCUT2D eigenvalue weighted by atomic mass is 9.91. The van der Waals surface area contributed by atoms with E-state index in [1.165, 1.54) is 44.6 Å². The van der Waals surface area contributed by atoms with Crippen molar-refractivity contribution in [1.82, 2.24) is 19.8 Å². The number of imidazole rings is 1. The molecule has 1 atom stereocenters. The fourth-order valence-corrected chi connectivity index (χ4v) is 3.64. The van der Waals surface area contributed by atoms with Gasteiger partial charge in [0, 0.05) is 24.5 Å². The summed E-state index contributed by atoms with van der Waals surface area (Å²) in [6.45, 7) is 10.4. The van der Waals surface area contributed by atoms with E-state index in [2.05, 4.69) is 53.8 Å². The average molecular weight is 292 g/mol. The average Bonchev–Trinajstić information content (AvgIpc) is 2.74. The second-order valence-electron chi connectivity index (χ2n) is 6.76. The number of aromatic nitrogens is 2. The maximum Gasteiger partial charge on any atom is 0.127 e. The lowest BCUT2D eigenvalue weighted by Gasteiger charge is -2.43. The second-order valence-corrected chi connectivity index (χ2v) is 6.76. The van der Waals surface area contributed by atoms with E-state index in [-0.39, 0.29) is 11.6 Å². The first-order chi connectivity index (χ1) is 10.1. The predicted molar refractivity (Wildman–Crippen MR) is 88.4 cm³/mol. The maximum absolute atomic E-state index is 4.66. The van der Waals surface area contributed by atoms with Gasteiger partial charge in [-0.3, -0.25) is 4.90 Å². The van der Waals surface area contributed by atoms with E-state index in [0.29, 0.717) is 0 Å². The van der Waals surface area contributed by atoms with E-state index in [0.717, 1.165) is 13.0 Å². The molecule has 1 aromatic rings. The summed E-state index contributed by atoms with van der Waals surface area (Å²) in [6, 6.07) is 0.261. The van der Waals surface area contributed by atoms with Gasteiger partial charge in [-0.15, -0.1) is 0 Å². The number of nitrogens with one attached hydrogen (secondary N) is 1. The zero-order chi connectivity index (χ0) is 15.3. The lowest BCUT2D eigenvalue weighted by molar-refractivity contribution is 0.0817. The summed E-state index contributed by atoms with van der Waals surface area (Å²) in [5.74, 6) is 1.17. The Morgan fingerprint density at radius 2 is 1.90 bits per heavy atom. The zero-order valence-electron chi connectivity index (χ0n) is 14.2. The van der Waals surface area contributed by atoms with Crippen LogP contribution in [-0.2, 0) is 6.54 Å². The molecule has 21 heavy (non-hydrogen) atoms. The monoisotopic (exact) mass is 292 g/mol. The Morgan fingerprint density at radius 1 is 1.24 bits per heavy atom. The van der Waals surface area contributed by atoms with Gasteiger partial charge in [0.1, 0.15) is 5.82 Å². The fourth-order valence-electron chi connectivity index (χ4n) is 3.64. The minimum atomic E-state index is 0.0793. The number of hydrogen-bond acceptors (Lipinski definition) is 3. The molecule has 0 bridgehead atoms. The van der Waals surface area contributed by atoms with Crippen molar-refractivity contribution in [1.29, 1.82) is 0 Å². The normalized spacial score (nSPS) is 19.4. The van der Waals surface area contributed by atoms with Gasteiger partial charge in [-0.05, 0) is 53.2 Å². The molecule has 2 heterocycles. The van der Waals surface area contributed by atoms with Crippen LogP contribution in [0.15, 0.2) is 12.4 Å². The Bertz CT molecular complexity index is 416. The molecule has 0 aliphatic carbocycles. The van der Waals surface area contributed by atoms with Crippen LogP contribution in [0, 0.1) is 0 Å². The highest BCUT2D eigenvalue weighted by Gasteiger charge is 2.37. The van der Waals surface area contributed by atoms with Crippen LogP contribution in [0.5, 0.6) is 0 Å². The number of nitrogens with zero attached hydrogens (tertiary/aromatic N) is 3. The van der Waals surface area contributed by atoms with Crippen LogP contribution in [0.3, 0.4) is 0 Å². The van der Waals surface area contributed by atoms with Crippen LogP contribution >= 0.6 is 0 Å². The van der Waals surface area contributed by atoms with Gasteiger partial charge in [0.15, 0.2) is 0 Å². The number of rotatable bonds is 6. The molecule has 0 aromatic carbocycles. The van der Waals surface area contributed by atoms with Crippen molar-refractivity contribution in [2.24, 2.45) is 0 Å². The van der Waals surface area contributed by atoms with Crippen molar-refractivity contribution in [2.45, 2.75) is 71.0 Å². The molecule has 1 aliphatic rings. The van der Waals surface area contributed by atoms with Crippen LogP contribution in [0.25, 0.3) is 0 Å². The molecular formula is C17H32N4. The molecule has 0 spiro atoms. The van der Waals surface area contributed by atoms with Crippen molar-refractivity contribution < 1.29 is 0 Å². The van der Waals surface area contributed by atoms with Crippen molar-refractivity contribution in [3.05, 3.63) is 18.2 Å². The Kier molecular flexibility index (Phi) is 5.82. The molecule has 4 nitrogen and oxygen atoms in total. The molecule has 1 aliphatic heterocycles. The summed E-state index contributed by atoms with van der Waals surface area (Å²) < 4.78 is 2.31. The molecule has 1 aromatic heterocycles. The molecule has 0 saturated carbocycles. The van der Waals surface area contributed by atoms with E-state index in [1.54, 1.807) is 0 Å². The molecule has 0 radical (unpaired) electrons. The molecular weight excluding hydrogens is 260 g/mol. The van der Waals surface area contributed by atoms with E-state index in [1.807, 2.05) is 6.20 Å². The quantitative estimate of drug-likeness (QED) is 0.874. The van der Waals surface area contributed by atoms with Crippen LogP contribution in [0.2, 0.25) is 0 Å². The molecule has 4 heteroatoms. The SMILES string of the molecule is CCCn1ccnc1C(NC)C(C)(C)N1CCCCCC1. The van der Waals surface area contributed by atoms with E-state index < -0.39 is 0 Å². The van der Waals surface area contributed by atoms with Gasteiger partial charge in [-0.1, -0.05) is 19.8 Å². The van der Waals surface area contributed by atoms with Crippen LogP contribution in [-0.4, -0.2) is 40.1 Å². The Labute approximate surface area is 129 Å². The molecule has 120 valence electrons. The lowest BCUT2D eigenvalue weighted by Crippen LogP contribution is -2.53. The van der Waals surface area contributed by atoms with Gasteiger partial charge in [-0.2, -0.15) is 0 Å². The van der Waals surface area contributed by atoms with Gasteiger partial charge in [0.25, 0.3) is 0 Å². The summed E-state index contributed by atoms with van der Waals surface area (Å²) in [5, 5.41) is 3.54. The van der Waals surface area contributed by atoms with Gasteiger partial charge < -0.3 is 9.88 Å². The molecule has 1 unspecified atom stereocenters. The fraction of sp³-hybridized carbons (Fsp3) is 0.824. The Balaban J connectivity index is 2.23. The third kappa shape index (κ3) is 3.67.